The summed E-state index contributed by atoms with van der Waals surface area (Å²) in [4.78, 5) is 66.1. The third kappa shape index (κ3) is 5.19. The quantitative estimate of drug-likeness (QED) is 0.131. The van der Waals surface area contributed by atoms with Crippen molar-refractivity contribution in [2.75, 3.05) is 59.0 Å². The van der Waals surface area contributed by atoms with E-state index < -0.39 is 63.5 Å². The maximum absolute atomic E-state index is 15.3. The van der Waals surface area contributed by atoms with Crippen molar-refractivity contribution in [2.24, 2.45) is 11.3 Å². The maximum atomic E-state index is 15.3. The van der Waals surface area contributed by atoms with Crippen molar-refractivity contribution < 1.29 is 48.3 Å². The number of carbonyl (C=O) groups is 4. The molecule has 1 aromatic heterocycles. The first-order valence-corrected chi connectivity index (χ1v) is 21.3. The van der Waals surface area contributed by atoms with Gasteiger partial charge in [0.1, 0.15) is 11.2 Å². The number of ether oxygens (including phenoxy) is 4. The van der Waals surface area contributed by atoms with Crippen LogP contribution in [0.4, 0.5) is 5.69 Å². The monoisotopic (exact) mass is 824 g/mol. The number of aromatic nitrogens is 1. The number of carbonyl (C=O) groups excluding carboxylic acids is 4. The minimum absolute atomic E-state index is 0.155. The Morgan fingerprint density at radius 2 is 1.73 bits per heavy atom. The molecule has 320 valence electrons. The smallest absolute Gasteiger partial charge is 0.344 e. The topological polar surface area (TPSA) is 171 Å². The Hall–Kier alpha value is -4.76. The Balaban J connectivity index is 1.38. The Morgan fingerprint density at radius 1 is 0.967 bits per heavy atom. The van der Waals surface area contributed by atoms with Crippen LogP contribution in [0.15, 0.2) is 48.6 Å². The standard InChI is InChI=1S/C46H56N4O10/c1-7-42(55)22-28-23-45(40(53)58-5,36-30(14-18-48(24-28)25-42)29-12-9-10-13-33(29)47-36)32-20-31-34(21-35(32)57-4)50(26-51)38-44(31)16-19-49-17-11-15-43(8-2,37(44)49)39(60-27(3)52)46(38,56)41(54)59-6/h9-13,15,20-21,26,28,37-39,47,55-56H,7-8,14,16-19,22-25H2,1-6H3/t28-,37+,38+,39-,42+,43-,44-,45-,46-/m1/s1. The van der Waals surface area contributed by atoms with Gasteiger partial charge in [-0.15, -0.1) is 0 Å². The number of amides is 1. The molecule has 1 saturated carbocycles. The van der Waals surface area contributed by atoms with Gasteiger partial charge in [-0.05, 0) is 74.2 Å². The third-order valence-electron chi connectivity index (χ3n) is 15.5. The number of esters is 3. The number of anilines is 1. The first kappa shape index (κ1) is 40.6. The van der Waals surface area contributed by atoms with Crippen molar-refractivity contribution in [3.63, 3.8) is 0 Å². The second-order valence-corrected chi connectivity index (χ2v) is 18.1. The number of H-pyrrole nitrogens is 1. The first-order valence-electron chi connectivity index (χ1n) is 21.3. The summed E-state index contributed by atoms with van der Waals surface area (Å²) in [5.74, 6) is -2.06. The number of nitrogens with one attached hydrogen (secondary N) is 1. The highest BCUT2D eigenvalue weighted by Gasteiger charge is 2.81. The second kappa shape index (κ2) is 14.1. The van der Waals surface area contributed by atoms with Gasteiger partial charge in [0.2, 0.25) is 12.0 Å². The lowest BCUT2D eigenvalue weighted by Crippen LogP contribution is -2.81. The van der Waals surface area contributed by atoms with Crippen molar-refractivity contribution in [3.8, 4) is 5.75 Å². The molecule has 3 fully saturated rings. The zero-order valence-corrected chi connectivity index (χ0v) is 35.3. The van der Waals surface area contributed by atoms with Crippen LogP contribution in [0.3, 0.4) is 0 Å². The predicted octanol–water partition coefficient (Wildman–Crippen LogP) is 3.52. The van der Waals surface area contributed by atoms with E-state index in [4.69, 9.17) is 18.9 Å². The summed E-state index contributed by atoms with van der Waals surface area (Å²) in [7, 11) is 4.09. The van der Waals surface area contributed by atoms with Crippen LogP contribution in [-0.4, -0.2) is 133 Å². The molecule has 0 radical (unpaired) electrons. The fraction of sp³-hybridized carbons (Fsp3) is 0.565. The molecule has 10 atom stereocenters. The lowest BCUT2D eigenvalue weighted by Gasteiger charge is -2.63. The van der Waals surface area contributed by atoms with Gasteiger partial charge in [0, 0.05) is 78.2 Å². The molecular formula is C46H56N4O10. The van der Waals surface area contributed by atoms with Gasteiger partial charge in [0.05, 0.1) is 38.7 Å². The van der Waals surface area contributed by atoms with E-state index in [2.05, 4.69) is 20.9 Å². The Bertz CT molecular complexity index is 2310. The van der Waals surface area contributed by atoms with Gasteiger partial charge < -0.3 is 39.0 Å². The van der Waals surface area contributed by atoms with Crippen LogP contribution >= 0.6 is 0 Å². The molecule has 1 unspecified atom stereocenters. The van der Waals surface area contributed by atoms with Gasteiger partial charge in [-0.2, -0.15) is 0 Å². The average molecular weight is 825 g/mol. The molecular weight excluding hydrogens is 769 g/mol. The van der Waals surface area contributed by atoms with Gasteiger partial charge in [-0.25, -0.2) is 4.79 Å². The number of aromatic amines is 1. The molecule has 2 saturated heterocycles. The molecule has 3 aromatic rings. The van der Waals surface area contributed by atoms with E-state index in [1.165, 1.54) is 33.2 Å². The lowest BCUT2D eigenvalue weighted by atomic mass is 9.47. The van der Waals surface area contributed by atoms with Crippen molar-refractivity contribution in [1.82, 2.24) is 14.8 Å². The highest BCUT2D eigenvalue weighted by Crippen LogP contribution is 2.68. The lowest BCUT2D eigenvalue weighted by molar-refractivity contribution is -0.228. The number of fused-ring (bicyclic) bond motifs is 6. The molecule has 5 aliphatic heterocycles. The molecule has 1 amide bonds. The largest absolute Gasteiger partial charge is 0.496 e. The molecule has 6 heterocycles. The van der Waals surface area contributed by atoms with Crippen LogP contribution < -0.4 is 9.64 Å². The van der Waals surface area contributed by atoms with Crippen LogP contribution in [0.25, 0.3) is 10.9 Å². The number of rotatable bonds is 8. The molecule has 1 aliphatic carbocycles. The molecule has 14 heteroatoms. The number of benzene rings is 2. The third-order valence-corrected chi connectivity index (χ3v) is 15.5. The van der Waals surface area contributed by atoms with Gasteiger partial charge in [-0.1, -0.05) is 44.2 Å². The summed E-state index contributed by atoms with van der Waals surface area (Å²) in [6.07, 6.45) is 5.83. The van der Waals surface area contributed by atoms with Gasteiger partial charge >= 0.3 is 17.9 Å². The highest BCUT2D eigenvalue weighted by atomic mass is 16.6. The number of piperidine rings is 1. The zero-order valence-electron chi connectivity index (χ0n) is 35.3. The van der Waals surface area contributed by atoms with E-state index in [1.54, 1.807) is 6.07 Å². The minimum atomic E-state index is -2.53. The fourth-order valence-corrected chi connectivity index (χ4v) is 13.4. The number of nitrogens with zero attached hydrogens (tertiary/aromatic N) is 3. The summed E-state index contributed by atoms with van der Waals surface area (Å²) in [6, 6.07) is 9.97. The molecule has 9 rings (SSSR count). The molecule has 2 bridgehead atoms. The molecule has 2 aromatic carbocycles. The van der Waals surface area contributed by atoms with Crippen LogP contribution in [-0.2, 0) is 50.6 Å². The maximum Gasteiger partial charge on any atom is 0.344 e. The summed E-state index contributed by atoms with van der Waals surface area (Å²) in [5.41, 5.74) is -3.15. The highest BCUT2D eigenvalue weighted by molar-refractivity contribution is 5.96. The number of hydrogen-bond donors (Lipinski definition) is 3. The first-order chi connectivity index (χ1) is 28.8. The summed E-state index contributed by atoms with van der Waals surface area (Å²) < 4.78 is 23.7. The fourth-order valence-electron chi connectivity index (χ4n) is 13.4. The molecule has 14 nitrogen and oxygen atoms in total. The zero-order chi connectivity index (χ0) is 42.6. The molecule has 3 N–H and O–H groups in total. The average Bonchev–Trinajstić information content (AvgIpc) is 3.92. The van der Waals surface area contributed by atoms with Crippen molar-refractivity contribution >= 4 is 40.9 Å². The number of aliphatic hydroxyl groups is 2. The van der Waals surface area contributed by atoms with E-state index in [1.807, 2.05) is 50.3 Å². The van der Waals surface area contributed by atoms with Crippen molar-refractivity contribution in [2.45, 2.75) is 99.5 Å². The molecule has 6 aliphatic rings. The van der Waals surface area contributed by atoms with E-state index in [0.717, 1.165) is 16.5 Å². The summed E-state index contributed by atoms with van der Waals surface area (Å²) in [5, 5.41) is 26.3. The number of para-hydroxylation sites is 1. The Kier molecular flexibility index (Phi) is 9.58. The van der Waals surface area contributed by atoms with Crippen molar-refractivity contribution in [1.29, 1.82) is 0 Å². The van der Waals surface area contributed by atoms with Crippen LogP contribution in [0.5, 0.6) is 5.75 Å². The minimum Gasteiger partial charge on any atom is -0.496 e. The second-order valence-electron chi connectivity index (χ2n) is 18.1. The van der Waals surface area contributed by atoms with Gasteiger partial charge in [0.15, 0.2) is 6.10 Å². The van der Waals surface area contributed by atoms with E-state index >= 15 is 4.79 Å². The number of methoxy groups -OCH3 is 3. The van der Waals surface area contributed by atoms with Crippen LogP contribution in [0.2, 0.25) is 0 Å². The SMILES string of the molecule is CC[C@]1(O)C[C@H]2CN(CCc3c([nH]c4ccccc34)[C@](C(=O)OC)(c3cc4c(cc3OC)N(C=O)[C@@H]3[C@](O)(C(=O)OC)[C@H](OC(C)=O)[C@]5(CC)C=CCN6CC[C@]43[C@@H]65)C2)C1. The molecule has 60 heavy (non-hydrogen) atoms. The van der Waals surface area contributed by atoms with E-state index in [9.17, 15) is 24.6 Å². The summed E-state index contributed by atoms with van der Waals surface area (Å²) in [6.45, 7) is 8.16. The normalized spacial score (nSPS) is 36.5. The number of hydrogen-bond acceptors (Lipinski definition) is 12. The van der Waals surface area contributed by atoms with Crippen LogP contribution in [0.1, 0.15) is 75.3 Å². The predicted molar refractivity (Wildman–Crippen MR) is 221 cm³/mol. The Morgan fingerprint density at radius 3 is 2.42 bits per heavy atom. The van der Waals surface area contributed by atoms with E-state index in [-0.39, 0.29) is 12.3 Å². The van der Waals surface area contributed by atoms with E-state index in [0.29, 0.717) is 99.5 Å². The van der Waals surface area contributed by atoms with Crippen LogP contribution in [0, 0.1) is 11.3 Å². The summed E-state index contributed by atoms with van der Waals surface area (Å²) >= 11 is 0. The molecule has 1 spiro atoms. The van der Waals surface area contributed by atoms with Gasteiger partial charge in [-0.3, -0.25) is 24.2 Å². The van der Waals surface area contributed by atoms with Gasteiger partial charge in [0.25, 0.3) is 0 Å². The van der Waals surface area contributed by atoms with Crippen molar-refractivity contribution in [3.05, 3.63) is 70.9 Å². The Labute approximate surface area is 349 Å².